The third kappa shape index (κ3) is 5.27. The predicted molar refractivity (Wildman–Crippen MR) is 108 cm³/mol. The first kappa shape index (κ1) is 20.2. The fraction of sp³-hybridized carbons (Fsp3) is 0.211. The Morgan fingerprint density at radius 3 is 2.93 bits per heavy atom. The number of carbonyl (C=O) groups is 1. The minimum atomic E-state index is -0.763. The molecule has 0 spiro atoms. The van der Waals surface area contributed by atoms with Gasteiger partial charge in [-0.2, -0.15) is 5.26 Å². The summed E-state index contributed by atoms with van der Waals surface area (Å²) < 4.78 is 14.4. The average Bonchev–Trinajstić information content (AvgIpc) is 3.55. The first-order valence-corrected chi connectivity index (χ1v) is 9.09. The van der Waals surface area contributed by atoms with E-state index in [0.29, 0.717) is 17.3 Å². The molecule has 2 aromatic rings. The number of halogens is 2. The Bertz CT molecular complexity index is 1030. The molecule has 4 N–H and O–H groups in total. The van der Waals surface area contributed by atoms with Crippen LogP contribution in [0.1, 0.15) is 23.2 Å². The van der Waals surface area contributed by atoms with Crippen LogP contribution in [0, 0.1) is 17.1 Å². The monoisotopic (exact) mass is 413 g/mol. The van der Waals surface area contributed by atoms with Crippen LogP contribution in [0.15, 0.2) is 41.3 Å². The van der Waals surface area contributed by atoms with E-state index in [4.69, 9.17) is 22.6 Å². The molecular formula is C19H17ClFN7O. The van der Waals surface area contributed by atoms with Crippen LogP contribution in [0.4, 0.5) is 10.3 Å². The van der Waals surface area contributed by atoms with Crippen LogP contribution in [0.2, 0.25) is 5.02 Å². The van der Waals surface area contributed by atoms with Crippen molar-refractivity contribution in [1.82, 2.24) is 15.3 Å². The Morgan fingerprint density at radius 1 is 1.48 bits per heavy atom. The number of anilines is 1. The van der Waals surface area contributed by atoms with E-state index in [1.165, 1.54) is 24.5 Å². The fourth-order valence-corrected chi connectivity index (χ4v) is 2.55. The number of aliphatic imine (C=N–C) groups is 1. The van der Waals surface area contributed by atoms with E-state index in [0.717, 1.165) is 18.9 Å². The van der Waals surface area contributed by atoms with Crippen LogP contribution in [0.5, 0.6) is 0 Å². The second-order valence-electron chi connectivity index (χ2n) is 6.18. The van der Waals surface area contributed by atoms with Crippen molar-refractivity contribution < 1.29 is 9.18 Å². The molecule has 1 aliphatic carbocycles. The van der Waals surface area contributed by atoms with Gasteiger partial charge in [0.2, 0.25) is 5.95 Å². The van der Waals surface area contributed by atoms with E-state index >= 15 is 0 Å². The molecule has 0 radical (unpaired) electrons. The zero-order valence-electron chi connectivity index (χ0n) is 15.2. The zero-order chi connectivity index (χ0) is 20.8. The molecule has 0 aliphatic heterocycles. The Kier molecular flexibility index (Phi) is 6.36. The highest BCUT2D eigenvalue weighted by molar-refractivity contribution is 6.32. The topological polar surface area (TPSA) is 129 Å². The normalized spacial score (nSPS) is 13.9. The summed E-state index contributed by atoms with van der Waals surface area (Å²) in [6.45, 7) is -0.214. The first-order valence-electron chi connectivity index (χ1n) is 8.71. The number of hydrogen-bond donors (Lipinski definition) is 3. The molecule has 148 valence electrons. The number of aromatic nitrogens is 2. The van der Waals surface area contributed by atoms with Gasteiger partial charge in [0, 0.05) is 18.0 Å². The lowest BCUT2D eigenvalue weighted by molar-refractivity contribution is 0.0954. The van der Waals surface area contributed by atoms with Crippen LogP contribution in [0.25, 0.3) is 11.3 Å². The van der Waals surface area contributed by atoms with Gasteiger partial charge in [0.05, 0.1) is 40.3 Å². The Balaban J connectivity index is 1.83. The minimum Gasteiger partial charge on any atom is -0.403 e. The van der Waals surface area contributed by atoms with Gasteiger partial charge < -0.3 is 16.4 Å². The molecule has 3 rings (SSSR count). The highest BCUT2D eigenvalue weighted by Crippen LogP contribution is 2.28. The van der Waals surface area contributed by atoms with Crippen LogP contribution in [-0.4, -0.2) is 34.7 Å². The zero-order valence-corrected chi connectivity index (χ0v) is 15.9. The first-order chi connectivity index (χ1) is 14.0. The number of hydrogen-bond acceptors (Lipinski definition) is 7. The number of benzene rings is 1. The molecule has 29 heavy (non-hydrogen) atoms. The average molecular weight is 414 g/mol. The number of allylic oxidation sites excluding steroid dienone is 1. The van der Waals surface area contributed by atoms with Crippen molar-refractivity contribution >= 4 is 29.7 Å². The van der Waals surface area contributed by atoms with Crippen molar-refractivity contribution in [2.45, 2.75) is 18.9 Å². The summed E-state index contributed by atoms with van der Waals surface area (Å²) in [4.78, 5) is 24.6. The maximum absolute atomic E-state index is 14.4. The van der Waals surface area contributed by atoms with E-state index in [1.807, 2.05) is 0 Å². The summed E-state index contributed by atoms with van der Waals surface area (Å²) in [6, 6.07) is 6.05. The van der Waals surface area contributed by atoms with Gasteiger partial charge in [-0.1, -0.05) is 17.7 Å². The van der Waals surface area contributed by atoms with E-state index in [1.54, 1.807) is 12.3 Å². The van der Waals surface area contributed by atoms with Gasteiger partial charge in [0.25, 0.3) is 5.91 Å². The summed E-state index contributed by atoms with van der Waals surface area (Å²) >= 11 is 6.18. The Hall–Kier alpha value is -3.51. The van der Waals surface area contributed by atoms with Gasteiger partial charge in [-0.15, -0.1) is 0 Å². The van der Waals surface area contributed by atoms with Crippen LogP contribution < -0.4 is 16.4 Å². The predicted octanol–water partition coefficient (Wildman–Crippen LogP) is 2.63. The lowest BCUT2D eigenvalue weighted by Gasteiger charge is -2.10. The third-order valence-electron chi connectivity index (χ3n) is 3.97. The van der Waals surface area contributed by atoms with Crippen LogP contribution in [0.3, 0.4) is 0 Å². The van der Waals surface area contributed by atoms with E-state index < -0.39 is 11.7 Å². The molecule has 0 bridgehead atoms. The smallest absolute Gasteiger partial charge is 0.255 e. The molecule has 0 atom stereocenters. The second-order valence-corrected chi connectivity index (χ2v) is 6.59. The largest absolute Gasteiger partial charge is 0.403 e. The summed E-state index contributed by atoms with van der Waals surface area (Å²) in [5.41, 5.74) is 6.57. The summed E-state index contributed by atoms with van der Waals surface area (Å²) in [6.07, 6.45) is 6.46. The summed E-state index contributed by atoms with van der Waals surface area (Å²) in [5.74, 6) is -1.24. The maximum Gasteiger partial charge on any atom is 0.255 e. The fourth-order valence-electron chi connectivity index (χ4n) is 2.35. The molecule has 10 heteroatoms. The molecule has 0 saturated heterocycles. The number of amides is 1. The summed E-state index contributed by atoms with van der Waals surface area (Å²) in [5, 5.41) is 13.9. The molecule has 0 unspecified atom stereocenters. The van der Waals surface area contributed by atoms with Crippen molar-refractivity contribution in [2.75, 3.05) is 11.9 Å². The van der Waals surface area contributed by atoms with Crippen molar-refractivity contribution in [3.05, 3.63) is 52.7 Å². The molecule has 1 aromatic heterocycles. The highest BCUT2D eigenvalue weighted by atomic mass is 35.5. The molecule has 1 aromatic carbocycles. The van der Waals surface area contributed by atoms with Crippen molar-refractivity contribution in [3.63, 3.8) is 0 Å². The second kappa shape index (κ2) is 9.12. The maximum atomic E-state index is 14.4. The number of carbonyl (C=O) groups excluding carboxylic acids is 1. The van der Waals surface area contributed by atoms with E-state index in [2.05, 4.69) is 25.6 Å². The molecule has 1 fully saturated rings. The van der Waals surface area contributed by atoms with Crippen LogP contribution >= 0.6 is 11.6 Å². The quantitative estimate of drug-likeness (QED) is 0.472. The van der Waals surface area contributed by atoms with Crippen LogP contribution in [-0.2, 0) is 0 Å². The molecular weight excluding hydrogens is 397 g/mol. The third-order valence-corrected chi connectivity index (χ3v) is 4.24. The number of rotatable bonds is 7. The van der Waals surface area contributed by atoms with E-state index in [-0.39, 0.29) is 28.8 Å². The molecule has 1 amide bonds. The molecule has 8 nitrogen and oxygen atoms in total. The van der Waals surface area contributed by atoms with Gasteiger partial charge >= 0.3 is 0 Å². The standard InChI is InChI=1S/C19H17ClFN7O/c20-15-10-26-19(27-13(8-23)9-25-12-2-3-12)28-17(15)11-1-4-14(16(21)7-11)18(29)24-6-5-22/h1,4,7-10,12H,2-3,6,23H2,(H,24,29)(H,26,27,28). The number of nitrogens with zero attached hydrogens (tertiary/aromatic N) is 4. The number of nitriles is 1. The van der Waals surface area contributed by atoms with Gasteiger partial charge in [-0.25, -0.2) is 14.4 Å². The summed E-state index contributed by atoms with van der Waals surface area (Å²) in [7, 11) is 0. The molecule has 1 saturated carbocycles. The minimum absolute atomic E-state index is 0.183. The number of nitrogens with one attached hydrogen (secondary N) is 2. The lowest BCUT2D eigenvalue weighted by Crippen LogP contribution is -2.24. The SMILES string of the molecule is N#CCNC(=O)c1ccc(-c2nc(NC(C=NC3CC3)=CN)ncc2Cl)cc1F. The van der Waals surface area contributed by atoms with Gasteiger partial charge in [0.1, 0.15) is 12.4 Å². The Morgan fingerprint density at radius 2 is 2.28 bits per heavy atom. The Labute approximate surface area is 171 Å². The highest BCUT2D eigenvalue weighted by Gasteiger charge is 2.19. The van der Waals surface area contributed by atoms with Gasteiger partial charge in [-0.05, 0) is 25.0 Å². The van der Waals surface area contributed by atoms with Gasteiger partial charge in [-0.3, -0.25) is 9.79 Å². The van der Waals surface area contributed by atoms with Crippen molar-refractivity contribution in [3.8, 4) is 17.3 Å². The number of nitrogens with two attached hydrogens (primary N) is 1. The van der Waals surface area contributed by atoms with E-state index in [9.17, 15) is 9.18 Å². The lowest BCUT2D eigenvalue weighted by atomic mass is 10.1. The molecule has 1 aliphatic rings. The molecule has 1 heterocycles. The van der Waals surface area contributed by atoms with Crippen molar-refractivity contribution in [1.29, 1.82) is 5.26 Å². The van der Waals surface area contributed by atoms with Gasteiger partial charge in [0.15, 0.2) is 0 Å². The van der Waals surface area contributed by atoms with Crippen molar-refractivity contribution in [2.24, 2.45) is 10.7 Å².